The van der Waals surface area contributed by atoms with E-state index in [9.17, 15) is 0 Å². The third-order valence-electron chi connectivity index (χ3n) is 8.22. The summed E-state index contributed by atoms with van der Waals surface area (Å²) in [7, 11) is 0. The maximum Gasteiger partial charge on any atom is 0.202 e. The van der Waals surface area contributed by atoms with Gasteiger partial charge in [0.2, 0.25) is 11.6 Å². The highest BCUT2D eigenvalue weighted by Crippen LogP contribution is 2.54. The highest BCUT2D eigenvalue weighted by atomic mass is 35.5. The van der Waals surface area contributed by atoms with E-state index < -0.39 is 17.1 Å². The van der Waals surface area contributed by atoms with Crippen LogP contribution in [-0.2, 0) is 17.0 Å². The number of nitrogens with one attached hydrogen (secondary N) is 1. The SMILES string of the molecule is Cc1ccc(Cl)c(Nc2ccccc2C2(N(c3ccccc3CON)c3c(Cl)ccc(C)c3Cl)C(=O)c3ccccc3C2=O)c1Cl. The van der Waals surface area contributed by atoms with Crippen LogP contribution in [0.15, 0.2) is 97.1 Å². The maximum absolute atomic E-state index is 15.2. The molecule has 1 aliphatic rings. The zero-order valence-electron chi connectivity index (χ0n) is 24.7. The van der Waals surface area contributed by atoms with E-state index in [1.54, 1.807) is 89.8 Å². The monoisotopic (exact) mass is 689 g/mol. The number of nitrogens with two attached hydrogens (primary N) is 1. The molecule has 0 unspecified atom stereocenters. The van der Waals surface area contributed by atoms with E-state index >= 15 is 9.59 Å². The first-order valence-electron chi connectivity index (χ1n) is 14.3. The molecule has 0 heterocycles. The van der Waals surface area contributed by atoms with Crippen LogP contribution in [0.5, 0.6) is 0 Å². The number of ketones is 2. The lowest BCUT2D eigenvalue weighted by Crippen LogP contribution is -2.53. The van der Waals surface area contributed by atoms with Crippen LogP contribution in [-0.4, -0.2) is 11.6 Å². The predicted octanol–water partition coefficient (Wildman–Crippen LogP) is 10.2. The van der Waals surface area contributed by atoms with Crippen molar-refractivity contribution in [2.45, 2.75) is 26.0 Å². The lowest BCUT2D eigenvalue weighted by atomic mass is 9.80. The van der Waals surface area contributed by atoms with Gasteiger partial charge in [-0.3, -0.25) is 14.4 Å². The molecule has 0 spiro atoms. The first-order chi connectivity index (χ1) is 22.1. The molecule has 0 fully saturated rings. The number of anilines is 4. The van der Waals surface area contributed by atoms with Gasteiger partial charge in [0, 0.05) is 33.6 Å². The molecule has 1 aliphatic carbocycles. The molecule has 5 aromatic carbocycles. The maximum atomic E-state index is 15.2. The molecule has 0 radical (unpaired) electrons. The average molecular weight is 691 g/mol. The summed E-state index contributed by atoms with van der Waals surface area (Å²) in [6, 6.07) is 28.0. The van der Waals surface area contributed by atoms with Crippen molar-refractivity contribution in [2.24, 2.45) is 5.90 Å². The second-order valence-corrected chi connectivity index (χ2v) is 12.5. The number of fused-ring (bicyclic) bond motifs is 1. The van der Waals surface area contributed by atoms with Crippen molar-refractivity contribution in [1.82, 2.24) is 0 Å². The van der Waals surface area contributed by atoms with E-state index in [0.29, 0.717) is 43.8 Å². The number of carbonyl (C=O) groups is 2. The fraction of sp³-hybridized carbons (Fsp3) is 0.111. The normalized spacial score (nSPS) is 13.5. The molecule has 0 atom stereocenters. The quantitative estimate of drug-likeness (QED) is 0.125. The Morgan fingerprint density at radius 2 is 1.28 bits per heavy atom. The largest absolute Gasteiger partial charge is 0.353 e. The Balaban J connectivity index is 1.76. The van der Waals surface area contributed by atoms with E-state index in [0.717, 1.165) is 5.56 Å². The Morgan fingerprint density at radius 1 is 0.717 bits per heavy atom. The molecule has 5 aromatic rings. The second-order valence-electron chi connectivity index (χ2n) is 10.9. The summed E-state index contributed by atoms with van der Waals surface area (Å²) in [6.07, 6.45) is 0. The van der Waals surface area contributed by atoms with Crippen LogP contribution in [0.1, 0.15) is 43.0 Å². The van der Waals surface area contributed by atoms with Crippen molar-refractivity contribution in [2.75, 3.05) is 10.2 Å². The Kier molecular flexibility index (Phi) is 8.87. The minimum atomic E-state index is -2.05. The number of para-hydroxylation sites is 2. The van der Waals surface area contributed by atoms with Gasteiger partial charge in [0.15, 0.2) is 5.54 Å². The molecule has 3 N–H and O–H groups in total. The van der Waals surface area contributed by atoms with Gasteiger partial charge in [0.25, 0.3) is 0 Å². The highest BCUT2D eigenvalue weighted by Gasteiger charge is 2.60. The van der Waals surface area contributed by atoms with E-state index in [4.69, 9.17) is 57.1 Å². The molecule has 6 rings (SSSR count). The van der Waals surface area contributed by atoms with E-state index in [-0.39, 0.29) is 33.5 Å². The third-order valence-corrected chi connectivity index (χ3v) is 9.81. The minimum absolute atomic E-state index is 0.0342. The summed E-state index contributed by atoms with van der Waals surface area (Å²) in [4.78, 5) is 37.1. The topological polar surface area (TPSA) is 84.7 Å². The molecule has 0 saturated heterocycles. The minimum Gasteiger partial charge on any atom is -0.353 e. The standard InChI is InChI=1S/C36H27Cl4N3O3/c1-20-15-17-26(37)32(30(20)39)42-28-13-7-6-12-25(28)36(34(44)23-10-4-5-11-24(23)35(36)45)43(29-14-8-3-9-22(29)19-46-41)33-27(38)18-16-21(2)31(33)40/h3-18,42H,19,41H2,1-2H3. The van der Waals surface area contributed by atoms with Gasteiger partial charge in [-0.1, -0.05) is 119 Å². The third kappa shape index (κ3) is 5.06. The molecule has 0 bridgehead atoms. The molecule has 0 aliphatic heterocycles. The van der Waals surface area contributed by atoms with Crippen molar-refractivity contribution in [3.05, 3.63) is 151 Å². The second kappa shape index (κ2) is 12.7. The van der Waals surface area contributed by atoms with Gasteiger partial charge in [-0.05, 0) is 49.2 Å². The molecule has 46 heavy (non-hydrogen) atoms. The first-order valence-corrected chi connectivity index (χ1v) is 15.8. The van der Waals surface area contributed by atoms with Crippen LogP contribution < -0.4 is 16.1 Å². The molecular formula is C36H27Cl4N3O3. The number of halogens is 4. The van der Waals surface area contributed by atoms with Crippen molar-refractivity contribution in [3.63, 3.8) is 0 Å². The van der Waals surface area contributed by atoms with Crippen LogP contribution in [0.4, 0.5) is 22.7 Å². The van der Waals surface area contributed by atoms with Crippen LogP contribution in [0.25, 0.3) is 0 Å². The Labute approximate surface area is 286 Å². The summed E-state index contributed by atoms with van der Waals surface area (Å²) < 4.78 is 0. The summed E-state index contributed by atoms with van der Waals surface area (Å²) in [6.45, 7) is 3.65. The fourth-order valence-corrected chi connectivity index (χ4v) is 7.02. The summed E-state index contributed by atoms with van der Waals surface area (Å²) in [5.74, 6) is 4.64. The highest BCUT2D eigenvalue weighted by molar-refractivity contribution is 6.42. The van der Waals surface area contributed by atoms with Gasteiger partial charge < -0.3 is 10.2 Å². The Morgan fingerprint density at radius 3 is 1.96 bits per heavy atom. The number of hydrogen-bond acceptors (Lipinski definition) is 6. The summed E-state index contributed by atoms with van der Waals surface area (Å²) >= 11 is 27.5. The van der Waals surface area contributed by atoms with Crippen molar-refractivity contribution in [1.29, 1.82) is 0 Å². The van der Waals surface area contributed by atoms with E-state index in [1.165, 1.54) is 0 Å². The molecule has 0 aromatic heterocycles. The van der Waals surface area contributed by atoms with E-state index in [2.05, 4.69) is 5.32 Å². The number of carbonyl (C=O) groups excluding carboxylic acids is 2. The average Bonchev–Trinajstić information content (AvgIpc) is 3.28. The van der Waals surface area contributed by atoms with Gasteiger partial charge >= 0.3 is 0 Å². The van der Waals surface area contributed by atoms with Crippen LogP contribution in [0, 0.1) is 13.8 Å². The number of benzene rings is 5. The number of rotatable bonds is 8. The molecular weight excluding hydrogens is 664 g/mol. The Hall–Kier alpha value is -3.88. The van der Waals surface area contributed by atoms with Gasteiger partial charge in [-0.25, -0.2) is 5.90 Å². The lowest BCUT2D eigenvalue weighted by Gasteiger charge is -2.43. The van der Waals surface area contributed by atoms with Crippen molar-refractivity contribution in [3.8, 4) is 0 Å². The smallest absolute Gasteiger partial charge is 0.202 e. The van der Waals surface area contributed by atoms with Gasteiger partial charge in [0.1, 0.15) is 0 Å². The number of Topliss-reactive ketones (excluding diaryl/α,β-unsaturated/α-hetero) is 2. The molecule has 6 nitrogen and oxygen atoms in total. The van der Waals surface area contributed by atoms with Crippen LogP contribution in [0.2, 0.25) is 20.1 Å². The number of hydrogen-bond donors (Lipinski definition) is 2. The van der Waals surface area contributed by atoms with Crippen molar-refractivity contribution < 1.29 is 14.4 Å². The molecule has 0 saturated carbocycles. The zero-order chi connectivity index (χ0) is 32.7. The summed E-state index contributed by atoms with van der Waals surface area (Å²) in [5, 5.41) is 4.60. The Bertz CT molecular complexity index is 2000. The number of aryl methyl sites for hydroxylation is 2. The predicted molar refractivity (Wildman–Crippen MR) is 186 cm³/mol. The van der Waals surface area contributed by atoms with Crippen LogP contribution in [0.3, 0.4) is 0 Å². The van der Waals surface area contributed by atoms with Gasteiger partial charge in [0.05, 0.1) is 38.1 Å². The summed E-state index contributed by atoms with van der Waals surface area (Å²) in [5.41, 5.74) is 2.41. The zero-order valence-corrected chi connectivity index (χ0v) is 27.7. The van der Waals surface area contributed by atoms with Crippen molar-refractivity contribution >= 4 is 80.7 Å². The van der Waals surface area contributed by atoms with Gasteiger partial charge in [-0.15, -0.1) is 0 Å². The number of nitrogens with zero attached hydrogens (tertiary/aromatic N) is 1. The molecule has 232 valence electrons. The van der Waals surface area contributed by atoms with Crippen LogP contribution >= 0.6 is 46.4 Å². The fourth-order valence-electron chi connectivity index (χ4n) is 6.01. The van der Waals surface area contributed by atoms with Gasteiger partial charge in [-0.2, -0.15) is 0 Å². The molecule has 10 heteroatoms. The first kappa shape index (κ1) is 32.1. The van der Waals surface area contributed by atoms with E-state index in [1.807, 2.05) is 26.0 Å². The lowest BCUT2D eigenvalue weighted by molar-refractivity contribution is 0.0798. The molecule has 0 amide bonds.